The van der Waals surface area contributed by atoms with Gasteiger partial charge in [-0.1, -0.05) is 31.5 Å². The van der Waals surface area contributed by atoms with E-state index >= 15 is 0 Å². The lowest BCUT2D eigenvalue weighted by Crippen LogP contribution is -2.56. The number of halogens is 1. The molecule has 2 atom stereocenters. The van der Waals surface area contributed by atoms with Crippen LogP contribution in [0.1, 0.15) is 27.2 Å². The molecule has 2 rings (SSSR count). The summed E-state index contributed by atoms with van der Waals surface area (Å²) in [6, 6.07) is 7.21. The van der Waals surface area contributed by atoms with Crippen LogP contribution in [0.2, 0.25) is 5.02 Å². The summed E-state index contributed by atoms with van der Waals surface area (Å²) in [4.78, 5) is 14.6. The number of anilines is 1. The zero-order valence-corrected chi connectivity index (χ0v) is 13.7. The minimum Gasteiger partial charge on any atom is -0.327 e. The van der Waals surface area contributed by atoms with Gasteiger partial charge in [-0.2, -0.15) is 0 Å². The molecule has 21 heavy (non-hydrogen) atoms. The number of rotatable bonds is 3. The Bertz CT molecular complexity index is 518. The number of benzene rings is 1. The number of carbonyl (C=O) groups is 1. The predicted molar refractivity (Wildman–Crippen MR) is 87.5 cm³/mol. The molecule has 0 radical (unpaired) electrons. The average Bonchev–Trinajstić information content (AvgIpc) is 2.41. The first kappa shape index (κ1) is 16.3. The third-order valence-electron chi connectivity index (χ3n) is 4.36. The van der Waals surface area contributed by atoms with Crippen LogP contribution < -0.4 is 11.1 Å². The van der Waals surface area contributed by atoms with Crippen LogP contribution in [0.4, 0.5) is 5.69 Å². The highest BCUT2D eigenvalue weighted by Crippen LogP contribution is 2.29. The van der Waals surface area contributed by atoms with Gasteiger partial charge in [-0.25, -0.2) is 0 Å². The maximum Gasteiger partial charge on any atom is 0.241 e. The van der Waals surface area contributed by atoms with Gasteiger partial charge < -0.3 is 11.1 Å². The number of amides is 1. The molecule has 2 unspecified atom stereocenters. The van der Waals surface area contributed by atoms with Crippen LogP contribution in [-0.4, -0.2) is 36.0 Å². The Morgan fingerprint density at radius 3 is 2.86 bits per heavy atom. The van der Waals surface area contributed by atoms with Crippen LogP contribution in [0.25, 0.3) is 0 Å². The van der Waals surface area contributed by atoms with E-state index in [4.69, 9.17) is 17.3 Å². The van der Waals surface area contributed by atoms with Gasteiger partial charge in [0.25, 0.3) is 0 Å². The number of hydrogen-bond donors (Lipinski definition) is 2. The lowest BCUT2D eigenvalue weighted by atomic mass is 9.79. The quantitative estimate of drug-likeness (QED) is 0.902. The molecule has 0 saturated carbocycles. The van der Waals surface area contributed by atoms with Crippen molar-refractivity contribution in [1.29, 1.82) is 0 Å². The van der Waals surface area contributed by atoms with Crippen molar-refractivity contribution in [3.8, 4) is 0 Å². The third kappa shape index (κ3) is 3.96. The van der Waals surface area contributed by atoms with Crippen LogP contribution in [0.5, 0.6) is 0 Å². The summed E-state index contributed by atoms with van der Waals surface area (Å²) in [5.41, 5.74) is 6.91. The van der Waals surface area contributed by atoms with Gasteiger partial charge in [-0.05, 0) is 37.0 Å². The summed E-state index contributed by atoms with van der Waals surface area (Å²) >= 11 is 5.93. The molecule has 4 nitrogen and oxygen atoms in total. The standard InChI is InChI=1S/C16H24ClN3O/c1-11(20-8-7-14(18)16(2,3)10-20)15(21)19-13-6-4-5-12(17)9-13/h4-6,9,11,14H,7-8,10,18H2,1-3H3,(H,19,21). The zero-order valence-electron chi connectivity index (χ0n) is 12.9. The Balaban J connectivity index is 1.99. The molecule has 0 spiro atoms. The van der Waals surface area contributed by atoms with Crippen molar-refractivity contribution in [2.24, 2.45) is 11.1 Å². The Labute approximate surface area is 131 Å². The number of hydrogen-bond acceptors (Lipinski definition) is 3. The van der Waals surface area contributed by atoms with E-state index in [1.165, 1.54) is 0 Å². The van der Waals surface area contributed by atoms with Gasteiger partial charge in [0, 0.05) is 29.8 Å². The van der Waals surface area contributed by atoms with Crippen molar-refractivity contribution < 1.29 is 4.79 Å². The van der Waals surface area contributed by atoms with Gasteiger partial charge in [-0.15, -0.1) is 0 Å². The highest BCUT2D eigenvalue weighted by molar-refractivity contribution is 6.30. The van der Waals surface area contributed by atoms with Crippen molar-refractivity contribution in [2.75, 3.05) is 18.4 Å². The van der Waals surface area contributed by atoms with Crippen molar-refractivity contribution in [1.82, 2.24) is 4.90 Å². The van der Waals surface area contributed by atoms with Crippen LogP contribution in [0.3, 0.4) is 0 Å². The molecule has 1 aromatic carbocycles. The Hall–Kier alpha value is -1.10. The smallest absolute Gasteiger partial charge is 0.241 e. The summed E-state index contributed by atoms with van der Waals surface area (Å²) in [5.74, 6) is -0.0106. The minimum atomic E-state index is -0.184. The maximum absolute atomic E-state index is 12.4. The monoisotopic (exact) mass is 309 g/mol. The number of piperidine rings is 1. The highest BCUT2D eigenvalue weighted by Gasteiger charge is 2.36. The topological polar surface area (TPSA) is 58.4 Å². The van der Waals surface area contributed by atoms with E-state index < -0.39 is 0 Å². The van der Waals surface area contributed by atoms with Crippen molar-refractivity contribution in [3.05, 3.63) is 29.3 Å². The number of nitrogens with two attached hydrogens (primary N) is 1. The third-order valence-corrected chi connectivity index (χ3v) is 4.60. The lowest BCUT2D eigenvalue weighted by molar-refractivity contribution is -0.122. The molecule has 1 heterocycles. The fourth-order valence-electron chi connectivity index (χ4n) is 2.72. The van der Waals surface area contributed by atoms with Crippen LogP contribution >= 0.6 is 11.6 Å². The Morgan fingerprint density at radius 2 is 2.24 bits per heavy atom. The Kier molecular flexibility index (Phi) is 4.91. The first-order valence-corrected chi connectivity index (χ1v) is 7.73. The largest absolute Gasteiger partial charge is 0.327 e. The summed E-state index contributed by atoms with van der Waals surface area (Å²) < 4.78 is 0. The fourth-order valence-corrected chi connectivity index (χ4v) is 2.92. The van der Waals surface area contributed by atoms with E-state index in [0.29, 0.717) is 5.02 Å². The van der Waals surface area contributed by atoms with Gasteiger partial charge in [0.05, 0.1) is 6.04 Å². The van der Waals surface area contributed by atoms with Crippen molar-refractivity contribution >= 4 is 23.2 Å². The van der Waals surface area contributed by atoms with Crippen LogP contribution in [0, 0.1) is 5.41 Å². The molecule has 0 aromatic heterocycles. The van der Waals surface area contributed by atoms with Gasteiger partial charge in [0.15, 0.2) is 0 Å². The lowest BCUT2D eigenvalue weighted by Gasteiger charge is -2.44. The molecule has 1 saturated heterocycles. The summed E-state index contributed by atoms with van der Waals surface area (Å²) in [6.07, 6.45) is 0.918. The normalized spacial score (nSPS) is 23.6. The van der Waals surface area contributed by atoms with Crippen molar-refractivity contribution in [2.45, 2.75) is 39.3 Å². The average molecular weight is 310 g/mol. The number of nitrogens with zero attached hydrogens (tertiary/aromatic N) is 1. The first-order chi connectivity index (χ1) is 9.79. The van der Waals surface area contributed by atoms with E-state index in [-0.39, 0.29) is 23.4 Å². The molecule has 5 heteroatoms. The van der Waals surface area contributed by atoms with Crippen LogP contribution in [-0.2, 0) is 4.79 Å². The van der Waals surface area contributed by atoms with Gasteiger partial charge >= 0.3 is 0 Å². The van der Waals surface area contributed by atoms with E-state index in [2.05, 4.69) is 24.1 Å². The molecule has 0 bridgehead atoms. The first-order valence-electron chi connectivity index (χ1n) is 7.35. The molecular formula is C16H24ClN3O. The van der Waals surface area contributed by atoms with E-state index in [1.807, 2.05) is 19.1 Å². The molecular weight excluding hydrogens is 286 g/mol. The predicted octanol–water partition coefficient (Wildman–Crippen LogP) is 2.73. The van der Waals surface area contributed by atoms with E-state index in [1.54, 1.807) is 12.1 Å². The second-order valence-corrected chi connectivity index (χ2v) is 6.97. The number of carbonyl (C=O) groups excluding carboxylic acids is 1. The van der Waals surface area contributed by atoms with Gasteiger partial charge in [0.1, 0.15) is 0 Å². The second kappa shape index (κ2) is 6.34. The summed E-state index contributed by atoms with van der Waals surface area (Å²) in [5, 5.41) is 3.54. The summed E-state index contributed by atoms with van der Waals surface area (Å²) in [6.45, 7) is 7.94. The number of nitrogens with one attached hydrogen (secondary N) is 1. The van der Waals surface area contributed by atoms with Gasteiger partial charge in [0.2, 0.25) is 5.91 Å². The molecule has 1 aliphatic heterocycles. The molecule has 1 aliphatic rings. The van der Waals surface area contributed by atoms with Crippen molar-refractivity contribution in [3.63, 3.8) is 0 Å². The molecule has 0 aliphatic carbocycles. The zero-order chi connectivity index (χ0) is 15.6. The number of likely N-dealkylation sites (tertiary alicyclic amines) is 1. The molecule has 3 N–H and O–H groups in total. The molecule has 1 aromatic rings. The molecule has 116 valence electrons. The minimum absolute atomic E-state index is 0.0106. The second-order valence-electron chi connectivity index (χ2n) is 6.53. The Morgan fingerprint density at radius 1 is 1.52 bits per heavy atom. The van der Waals surface area contributed by atoms with E-state index in [9.17, 15) is 4.79 Å². The summed E-state index contributed by atoms with van der Waals surface area (Å²) in [7, 11) is 0. The fraction of sp³-hybridized carbons (Fsp3) is 0.562. The molecule has 1 fully saturated rings. The molecule has 1 amide bonds. The van der Waals surface area contributed by atoms with Crippen LogP contribution in [0.15, 0.2) is 24.3 Å². The maximum atomic E-state index is 12.4. The highest BCUT2D eigenvalue weighted by atomic mass is 35.5. The van der Waals surface area contributed by atoms with Gasteiger partial charge in [-0.3, -0.25) is 9.69 Å². The SMILES string of the molecule is CC(C(=O)Nc1cccc(Cl)c1)N1CCC(N)C(C)(C)C1. The van der Waals surface area contributed by atoms with E-state index in [0.717, 1.165) is 25.2 Å².